The summed E-state index contributed by atoms with van der Waals surface area (Å²) in [5.41, 5.74) is 2.31. The smallest absolute Gasteiger partial charge is 0.261 e. The first kappa shape index (κ1) is 26.9. The summed E-state index contributed by atoms with van der Waals surface area (Å²) in [7, 11) is 0. The van der Waals surface area contributed by atoms with E-state index in [-0.39, 0.29) is 29.9 Å². The summed E-state index contributed by atoms with van der Waals surface area (Å²) in [5.74, 6) is 0.238. The van der Waals surface area contributed by atoms with Gasteiger partial charge in [0, 0.05) is 12.6 Å². The third kappa shape index (κ3) is 8.18. The SMILES string of the molecule is CC[C@@H](C)NC(=O)[C@H](C)N(CCc1ccccc1)C(=O)COc1ccc(C(C)(C)C)cc1Br. The van der Waals surface area contributed by atoms with E-state index in [1.165, 1.54) is 5.56 Å². The Kier molecular flexibility index (Phi) is 9.96. The van der Waals surface area contributed by atoms with E-state index in [4.69, 9.17) is 4.74 Å². The van der Waals surface area contributed by atoms with Crippen molar-refractivity contribution in [3.8, 4) is 5.75 Å². The zero-order chi connectivity index (χ0) is 24.6. The fraction of sp³-hybridized carbons (Fsp3) is 0.481. The van der Waals surface area contributed by atoms with Crippen molar-refractivity contribution in [3.05, 3.63) is 64.1 Å². The Morgan fingerprint density at radius 1 is 1.09 bits per heavy atom. The van der Waals surface area contributed by atoms with Crippen molar-refractivity contribution < 1.29 is 14.3 Å². The summed E-state index contributed by atoms with van der Waals surface area (Å²) >= 11 is 3.56. The molecule has 180 valence electrons. The Balaban J connectivity index is 2.12. The second-order valence-electron chi connectivity index (χ2n) is 9.50. The molecule has 0 radical (unpaired) electrons. The lowest BCUT2D eigenvalue weighted by atomic mass is 9.87. The van der Waals surface area contributed by atoms with Gasteiger partial charge in [0.2, 0.25) is 5.91 Å². The summed E-state index contributed by atoms with van der Waals surface area (Å²) in [6.45, 7) is 12.5. The van der Waals surface area contributed by atoms with Crippen LogP contribution >= 0.6 is 15.9 Å². The molecule has 6 heteroatoms. The fourth-order valence-electron chi connectivity index (χ4n) is 3.34. The number of benzene rings is 2. The largest absolute Gasteiger partial charge is 0.483 e. The van der Waals surface area contributed by atoms with Gasteiger partial charge in [0.15, 0.2) is 6.61 Å². The highest BCUT2D eigenvalue weighted by molar-refractivity contribution is 9.10. The van der Waals surface area contributed by atoms with Crippen molar-refractivity contribution in [2.45, 2.75) is 71.9 Å². The third-order valence-electron chi connectivity index (χ3n) is 5.80. The molecule has 33 heavy (non-hydrogen) atoms. The van der Waals surface area contributed by atoms with Crippen LogP contribution in [0.5, 0.6) is 5.75 Å². The van der Waals surface area contributed by atoms with E-state index >= 15 is 0 Å². The summed E-state index contributed by atoms with van der Waals surface area (Å²) < 4.78 is 6.67. The van der Waals surface area contributed by atoms with Gasteiger partial charge in [0.1, 0.15) is 11.8 Å². The van der Waals surface area contributed by atoms with E-state index in [2.05, 4.69) is 42.0 Å². The Hall–Kier alpha value is -2.34. The van der Waals surface area contributed by atoms with Gasteiger partial charge in [0.25, 0.3) is 5.91 Å². The molecule has 0 bridgehead atoms. The van der Waals surface area contributed by atoms with Crippen LogP contribution in [0.25, 0.3) is 0 Å². The molecule has 2 atom stereocenters. The van der Waals surface area contributed by atoms with E-state index in [1.54, 1.807) is 11.8 Å². The van der Waals surface area contributed by atoms with Crippen molar-refractivity contribution in [1.29, 1.82) is 0 Å². The Morgan fingerprint density at radius 3 is 2.33 bits per heavy atom. The number of amides is 2. The van der Waals surface area contributed by atoms with Crippen LogP contribution in [0.15, 0.2) is 53.0 Å². The highest BCUT2D eigenvalue weighted by atomic mass is 79.9. The summed E-state index contributed by atoms with van der Waals surface area (Å²) in [5, 5.41) is 2.98. The molecule has 2 rings (SSSR count). The molecule has 1 N–H and O–H groups in total. The van der Waals surface area contributed by atoms with E-state index in [9.17, 15) is 9.59 Å². The van der Waals surface area contributed by atoms with Gasteiger partial charge in [0.05, 0.1) is 4.47 Å². The Labute approximate surface area is 207 Å². The van der Waals surface area contributed by atoms with Gasteiger partial charge in [-0.05, 0) is 71.3 Å². The number of nitrogens with one attached hydrogen (secondary N) is 1. The zero-order valence-corrected chi connectivity index (χ0v) is 22.2. The van der Waals surface area contributed by atoms with Crippen LogP contribution in [0, 0.1) is 0 Å². The predicted octanol–water partition coefficient (Wildman–Crippen LogP) is 5.50. The highest BCUT2D eigenvalue weighted by Crippen LogP contribution is 2.31. The van der Waals surface area contributed by atoms with Crippen LogP contribution in [-0.2, 0) is 21.4 Å². The lowest BCUT2D eigenvalue weighted by molar-refractivity contribution is -0.141. The number of hydrogen-bond donors (Lipinski definition) is 1. The molecule has 5 nitrogen and oxygen atoms in total. The molecular formula is C27H37BrN2O3. The Bertz CT molecular complexity index is 925. The first-order valence-electron chi connectivity index (χ1n) is 11.6. The molecule has 0 aliphatic carbocycles. The van der Waals surface area contributed by atoms with Gasteiger partial charge >= 0.3 is 0 Å². The standard InChI is InChI=1S/C27H37BrN2O3/c1-7-19(2)29-26(32)20(3)30(16-15-21-11-9-8-10-12-21)25(31)18-33-24-14-13-22(17-23(24)28)27(4,5)6/h8-14,17,19-20H,7,15-16,18H2,1-6H3,(H,29,32)/t19-,20+/m1/s1. The average molecular weight is 518 g/mol. The van der Waals surface area contributed by atoms with E-state index in [0.29, 0.717) is 18.7 Å². The van der Waals surface area contributed by atoms with Crippen LogP contribution in [-0.4, -0.2) is 41.9 Å². The van der Waals surface area contributed by atoms with Crippen molar-refractivity contribution >= 4 is 27.7 Å². The minimum atomic E-state index is -0.592. The minimum absolute atomic E-state index is 0.0174. The number of ether oxygens (including phenoxy) is 1. The van der Waals surface area contributed by atoms with Gasteiger partial charge in [-0.25, -0.2) is 0 Å². The van der Waals surface area contributed by atoms with Crippen LogP contribution in [0.3, 0.4) is 0 Å². The number of nitrogens with zero attached hydrogens (tertiary/aromatic N) is 1. The van der Waals surface area contributed by atoms with Gasteiger partial charge < -0.3 is 15.0 Å². The molecule has 0 saturated carbocycles. The molecule has 2 aromatic rings. The maximum atomic E-state index is 13.2. The molecule has 0 unspecified atom stereocenters. The predicted molar refractivity (Wildman–Crippen MR) is 138 cm³/mol. The second-order valence-corrected chi connectivity index (χ2v) is 10.4. The second kappa shape index (κ2) is 12.2. The van der Waals surface area contributed by atoms with Crippen LogP contribution in [0.4, 0.5) is 0 Å². The summed E-state index contributed by atoms with van der Waals surface area (Å²) in [4.78, 5) is 27.6. The molecule has 0 spiro atoms. The number of rotatable bonds is 10. The first-order chi connectivity index (χ1) is 15.5. The van der Waals surface area contributed by atoms with E-state index in [0.717, 1.165) is 16.5 Å². The highest BCUT2D eigenvalue weighted by Gasteiger charge is 2.27. The number of carbonyl (C=O) groups is 2. The molecule has 0 aliphatic heterocycles. The minimum Gasteiger partial charge on any atom is -0.483 e. The molecular weight excluding hydrogens is 480 g/mol. The van der Waals surface area contributed by atoms with Gasteiger partial charge in [-0.15, -0.1) is 0 Å². The van der Waals surface area contributed by atoms with Crippen molar-refractivity contribution in [1.82, 2.24) is 10.2 Å². The van der Waals surface area contributed by atoms with Gasteiger partial charge in [-0.1, -0.05) is 64.1 Å². The maximum absolute atomic E-state index is 13.2. The van der Waals surface area contributed by atoms with Crippen molar-refractivity contribution in [2.24, 2.45) is 0 Å². The number of halogens is 1. The molecule has 0 heterocycles. The fourth-order valence-corrected chi connectivity index (χ4v) is 3.84. The monoisotopic (exact) mass is 516 g/mol. The van der Waals surface area contributed by atoms with Crippen molar-refractivity contribution in [2.75, 3.05) is 13.2 Å². The molecule has 0 fully saturated rings. The number of hydrogen-bond acceptors (Lipinski definition) is 3. The molecule has 0 saturated heterocycles. The van der Waals surface area contributed by atoms with Crippen molar-refractivity contribution in [3.63, 3.8) is 0 Å². The van der Waals surface area contributed by atoms with Crippen LogP contribution in [0.2, 0.25) is 0 Å². The van der Waals surface area contributed by atoms with Gasteiger partial charge in [-0.3, -0.25) is 9.59 Å². The Morgan fingerprint density at radius 2 is 1.76 bits per heavy atom. The quantitative estimate of drug-likeness (QED) is 0.453. The third-order valence-corrected chi connectivity index (χ3v) is 6.42. The molecule has 2 aromatic carbocycles. The van der Waals surface area contributed by atoms with E-state index < -0.39 is 6.04 Å². The zero-order valence-electron chi connectivity index (χ0n) is 20.7. The normalized spacial score (nSPS) is 13.2. The van der Waals surface area contributed by atoms with E-state index in [1.807, 2.05) is 62.4 Å². The van der Waals surface area contributed by atoms with Gasteiger partial charge in [-0.2, -0.15) is 0 Å². The topological polar surface area (TPSA) is 58.6 Å². The number of carbonyl (C=O) groups excluding carboxylic acids is 2. The summed E-state index contributed by atoms with van der Waals surface area (Å²) in [6, 6.07) is 15.3. The van der Waals surface area contributed by atoms with Crippen LogP contribution in [0.1, 0.15) is 59.1 Å². The lowest BCUT2D eigenvalue weighted by Crippen LogP contribution is -2.51. The van der Waals surface area contributed by atoms with Crippen LogP contribution < -0.4 is 10.1 Å². The lowest BCUT2D eigenvalue weighted by Gasteiger charge is -2.29. The molecule has 2 amide bonds. The summed E-state index contributed by atoms with van der Waals surface area (Å²) in [6.07, 6.45) is 1.50. The maximum Gasteiger partial charge on any atom is 0.261 e. The average Bonchev–Trinajstić information content (AvgIpc) is 2.78. The first-order valence-corrected chi connectivity index (χ1v) is 12.4. The molecule has 0 aromatic heterocycles. The molecule has 0 aliphatic rings.